The van der Waals surface area contributed by atoms with E-state index in [1.54, 1.807) is 59.3 Å². The number of nitrogens with one attached hydrogen (secondary N) is 1. The van der Waals surface area contributed by atoms with Gasteiger partial charge < -0.3 is 4.74 Å². The number of aromatic nitrogens is 4. The third kappa shape index (κ3) is 5.02. The third-order valence-corrected chi connectivity index (χ3v) is 6.42. The summed E-state index contributed by atoms with van der Waals surface area (Å²) in [5.74, 6) is 1.46. The molecule has 0 atom stereocenters. The van der Waals surface area contributed by atoms with Crippen molar-refractivity contribution in [3.05, 3.63) is 81.9 Å². The van der Waals surface area contributed by atoms with Gasteiger partial charge in [0.2, 0.25) is 5.88 Å². The fourth-order valence-electron chi connectivity index (χ4n) is 2.90. The minimum Gasteiger partial charge on any atom is -0.439 e. The first kappa shape index (κ1) is 21.2. The largest absolute Gasteiger partial charge is 0.439 e. The summed E-state index contributed by atoms with van der Waals surface area (Å²) in [7, 11) is -3.66. The summed E-state index contributed by atoms with van der Waals surface area (Å²) in [6, 6.07) is 16.8. The van der Waals surface area contributed by atoms with Crippen LogP contribution in [-0.2, 0) is 10.0 Å². The number of sulfonamides is 1. The topological polar surface area (TPSA) is 99.0 Å². The van der Waals surface area contributed by atoms with Gasteiger partial charge >= 0.3 is 0 Å². The van der Waals surface area contributed by atoms with E-state index in [2.05, 4.69) is 42.4 Å². The van der Waals surface area contributed by atoms with Crippen molar-refractivity contribution in [1.29, 1.82) is 0 Å². The van der Waals surface area contributed by atoms with E-state index >= 15 is 0 Å². The number of aryl methyl sites for hydroxylation is 2. The van der Waals surface area contributed by atoms with Gasteiger partial charge in [0.15, 0.2) is 5.82 Å². The fourth-order valence-corrected chi connectivity index (χ4v) is 4.32. The molecule has 2 aromatic heterocycles. The van der Waals surface area contributed by atoms with Gasteiger partial charge in [-0.2, -0.15) is 5.10 Å². The average Bonchev–Trinajstić information content (AvgIpc) is 3.08. The molecule has 158 valence electrons. The number of nitrogens with zero attached hydrogens (tertiary/aromatic N) is 4. The number of hydrogen-bond acceptors (Lipinski definition) is 6. The highest BCUT2D eigenvalue weighted by molar-refractivity contribution is 14.1. The van der Waals surface area contributed by atoms with Crippen molar-refractivity contribution >= 4 is 38.3 Å². The monoisotopic (exact) mass is 547 g/mol. The molecule has 0 radical (unpaired) electrons. The van der Waals surface area contributed by atoms with Gasteiger partial charge in [0.05, 0.1) is 10.6 Å². The Morgan fingerprint density at radius 3 is 2.32 bits per heavy atom. The van der Waals surface area contributed by atoms with Gasteiger partial charge in [0.1, 0.15) is 12.1 Å². The predicted octanol–water partition coefficient (Wildman–Crippen LogP) is 4.48. The highest BCUT2D eigenvalue weighted by Gasteiger charge is 2.14. The molecule has 1 N–H and O–H groups in total. The van der Waals surface area contributed by atoms with Crippen LogP contribution in [0.25, 0.3) is 5.82 Å². The Bertz CT molecular complexity index is 1320. The lowest BCUT2D eigenvalue weighted by Crippen LogP contribution is -2.12. The molecule has 4 aromatic rings. The smallest absolute Gasteiger partial charge is 0.261 e. The second-order valence-electron chi connectivity index (χ2n) is 6.74. The molecule has 2 heterocycles. The summed E-state index contributed by atoms with van der Waals surface area (Å²) in [6.07, 6.45) is 1.41. The fraction of sp³-hybridized carbons (Fsp3) is 0.0952. The van der Waals surface area contributed by atoms with E-state index in [4.69, 9.17) is 4.74 Å². The van der Waals surface area contributed by atoms with Crippen LogP contribution in [0.5, 0.6) is 11.6 Å². The normalized spacial score (nSPS) is 11.3. The van der Waals surface area contributed by atoms with Crippen molar-refractivity contribution in [1.82, 2.24) is 19.7 Å². The maximum absolute atomic E-state index is 12.5. The molecule has 8 nitrogen and oxygen atoms in total. The maximum atomic E-state index is 12.5. The molecule has 0 aliphatic heterocycles. The van der Waals surface area contributed by atoms with Gasteiger partial charge in [0.25, 0.3) is 10.0 Å². The van der Waals surface area contributed by atoms with E-state index in [9.17, 15) is 8.42 Å². The Labute approximate surface area is 193 Å². The number of benzene rings is 2. The maximum Gasteiger partial charge on any atom is 0.261 e. The second-order valence-corrected chi connectivity index (χ2v) is 9.67. The Morgan fingerprint density at radius 1 is 0.968 bits per heavy atom. The number of halogens is 1. The number of anilines is 1. The average molecular weight is 547 g/mol. The van der Waals surface area contributed by atoms with Gasteiger partial charge in [-0.3, -0.25) is 4.72 Å². The van der Waals surface area contributed by atoms with Crippen molar-refractivity contribution in [3.8, 4) is 17.4 Å². The van der Waals surface area contributed by atoms with Gasteiger partial charge in [-0.15, -0.1) is 0 Å². The van der Waals surface area contributed by atoms with E-state index < -0.39 is 10.0 Å². The first-order valence-electron chi connectivity index (χ1n) is 9.22. The molecular formula is C21H18IN5O3S. The van der Waals surface area contributed by atoms with Gasteiger partial charge in [-0.1, -0.05) is 0 Å². The van der Waals surface area contributed by atoms with Crippen LogP contribution in [0.2, 0.25) is 0 Å². The number of ether oxygens (including phenoxy) is 1. The zero-order valence-corrected chi connectivity index (χ0v) is 19.6. The van der Waals surface area contributed by atoms with E-state index in [1.165, 1.54) is 6.33 Å². The molecule has 0 unspecified atom stereocenters. The van der Waals surface area contributed by atoms with Crippen LogP contribution in [0.3, 0.4) is 0 Å². The lowest BCUT2D eigenvalue weighted by molar-refractivity contribution is 0.460. The van der Waals surface area contributed by atoms with Crippen LogP contribution in [-0.4, -0.2) is 28.2 Å². The SMILES string of the molecule is Cc1cc(C)n(-c2cc(Oc3ccc(NS(=O)(=O)c4ccc(I)cc4)cc3)ncn2)n1. The van der Waals surface area contributed by atoms with Crippen molar-refractivity contribution < 1.29 is 13.2 Å². The Morgan fingerprint density at radius 2 is 1.68 bits per heavy atom. The van der Waals surface area contributed by atoms with Gasteiger partial charge in [-0.25, -0.2) is 23.1 Å². The summed E-state index contributed by atoms with van der Waals surface area (Å²) < 4.78 is 36.1. The zero-order valence-electron chi connectivity index (χ0n) is 16.7. The number of hydrogen-bond donors (Lipinski definition) is 1. The third-order valence-electron chi connectivity index (χ3n) is 4.31. The van der Waals surface area contributed by atoms with Crippen LogP contribution in [0.15, 0.2) is 71.9 Å². The molecule has 4 rings (SSSR count). The van der Waals surface area contributed by atoms with Crippen LogP contribution < -0.4 is 9.46 Å². The standard InChI is InChI=1S/C21H18IN5O3S/c1-14-11-15(2)27(25-14)20-12-21(24-13-23-20)30-18-7-5-17(6-8-18)26-31(28,29)19-9-3-16(22)4-10-19/h3-13,26H,1-2H3. The molecule has 2 aromatic carbocycles. The van der Waals surface area contributed by atoms with Crippen LogP contribution in [0, 0.1) is 17.4 Å². The lowest BCUT2D eigenvalue weighted by atomic mass is 10.3. The molecule has 0 spiro atoms. The van der Waals surface area contributed by atoms with Crippen molar-refractivity contribution in [2.24, 2.45) is 0 Å². The second kappa shape index (κ2) is 8.63. The van der Waals surface area contributed by atoms with Crippen molar-refractivity contribution in [3.63, 3.8) is 0 Å². The molecule has 0 amide bonds. The van der Waals surface area contributed by atoms with Gasteiger partial charge in [-0.05, 0) is 91.0 Å². The molecule has 31 heavy (non-hydrogen) atoms. The van der Waals surface area contributed by atoms with Gasteiger partial charge in [0, 0.05) is 21.0 Å². The Kier molecular flexibility index (Phi) is 5.92. The van der Waals surface area contributed by atoms with E-state index in [0.717, 1.165) is 15.0 Å². The Balaban J connectivity index is 1.48. The van der Waals surface area contributed by atoms with E-state index in [1.807, 2.05) is 19.9 Å². The molecule has 0 saturated heterocycles. The molecule has 0 fully saturated rings. The minimum atomic E-state index is -3.66. The molecule has 0 aliphatic carbocycles. The Hall–Kier alpha value is -2.99. The minimum absolute atomic E-state index is 0.200. The number of rotatable bonds is 6. The molecule has 0 saturated carbocycles. The van der Waals surface area contributed by atoms with E-state index in [-0.39, 0.29) is 4.90 Å². The molecule has 0 aliphatic rings. The summed E-state index contributed by atoms with van der Waals surface area (Å²) in [5.41, 5.74) is 2.27. The van der Waals surface area contributed by atoms with Crippen molar-refractivity contribution in [2.45, 2.75) is 18.7 Å². The van der Waals surface area contributed by atoms with Crippen LogP contribution in [0.4, 0.5) is 5.69 Å². The quantitative estimate of drug-likeness (QED) is 0.358. The highest BCUT2D eigenvalue weighted by Crippen LogP contribution is 2.24. The molecule has 0 bridgehead atoms. The molecular weight excluding hydrogens is 529 g/mol. The molecule has 10 heteroatoms. The summed E-state index contributed by atoms with van der Waals surface area (Å²) in [4.78, 5) is 8.58. The summed E-state index contributed by atoms with van der Waals surface area (Å²) in [6.45, 7) is 3.86. The van der Waals surface area contributed by atoms with Crippen LogP contribution in [0.1, 0.15) is 11.4 Å². The highest BCUT2D eigenvalue weighted by atomic mass is 127. The van der Waals surface area contributed by atoms with Crippen molar-refractivity contribution in [2.75, 3.05) is 4.72 Å². The predicted molar refractivity (Wildman–Crippen MR) is 125 cm³/mol. The first-order chi connectivity index (χ1) is 14.8. The first-order valence-corrected chi connectivity index (χ1v) is 11.8. The van der Waals surface area contributed by atoms with E-state index in [0.29, 0.717) is 23.1 Å². The van der Waals surface area contributed by atoms with Crippen LogP contribution >= 0.6 is 22.6 Å². The zero-order chi connectivity index (χ0) is 22.0. The summed E-state index contributed by atoms with van der Waals surface area (Å²) in [5, 5.41) is 4.41. The lowest BCUT2D eigenvalue weighted by Gasteiger charge is -2.10. The summed E-state index contributed by atoms with van der Waals surface area (Å²) >= 11 is 2.13.